The summed E-state index contributed by atoms with van der Waals surface area (Å²) in [5, 5.41) is 0. The Balaban J connectivity index is 2.07. The molecule has 1 rings (SSSR count). The van der Waals surface area contributed by atoms with Crippen LogP contribution in [0.25, 0.3) is 0 Å². The molecule has 0 aliphatic carbocycles. The molecule has 1 aromatic carbocycles. The van der Waals surface area contributed by atoms with Gasteiger partial charge in [0.1, 0.15) is 0 Å². The van der Waals surface area contributed by atoms with Crippen LogP contribution in [0.1, 0.15) is 5.56 Å². The number of hydrogen-bond acceptors (Lipinski definition) is 3. The molecule has 0 radical (unpaired) electrons. The Morgan fingerprint density at radius 3 is 2.62 bits per heavy atom. The van der Waals surface area contributed by atoms with Gasteiger partial charge in [-0.2, -0.15) is 0 Å². The zero-order chi connectivity index (χ0) is 9.36. The van der Waals surface area contributed by atoms with Crippen LogP contribution in [-0.4, -0.2) is 13.2 Å². The summed E-state index contributed by atoms with van der Waals surface area (Å²) in [6.45, 7) is 1.95. The Bertz CT molecular complexity index is 218. The normalized spacial score (nSPS) is 10.2. The maximum absolute atomic E-state index is 5.38. The van der Waals surface area contributed by atoms with E-state index in [0.29, 0.717) is 19.8 Å². The quantitative estimate of drug-likeness (QED) is 0.457. The molecule has 4 heteroatoms. The van der Waals surface area contributed by atoms with E-state index in [4.69, 9.17) is 8.92 Å². The van der Waals surface area contributed by atoms with Crippen molar-refractivity contribution in [1.29, 1.82) is 0 Å². The lowest BCUT2D eigenvalue weighted by Crippen LogP contribution is -2.00. The molecule has 0 heterocycles. The van der Waals surface area contributed by atoms with Crippen molar-refractivity contribution in [2.75, 3.05) is 13.2 Å². The Morgan fingerprint density at radius 2 is 1.92 bits per heavy atom. The van der Waals surface area contributed by atoms with Gasteiger partial charge in [-0.1, -0.05) is 30.3 Å². The topological polar surface area (TPSA) is 18.5 Å². The van der Waals surface area contributed by atoms with E-state index < -0.39 is 0 Å². The van der Waals surface area contributed by atoms with E-state index in [1.165, 1.54) is 14.8 Å². The second-order valence-corrected chi connectivity index (χ2v) is 3.86. The minimum atomic E-state index is 0.639. The number of rotatable bonds is 6. The lowest BCUT2D eigenvalue weighted by molar-refractivity contribution is 0.0958. The zero-order valence-corrected chi connectivity index (χ0v) is 10.1. The van der Waals surface area contributed by atoms with Gasteiger partial charge >= 0.3 is 0 Å². The van der Waals surface area contributed by atoms with E-state index >= 15 is 0 Å². The molecule has 0 aromatic heterocycles. The third-order valence-corrected chi connectivity index (χ3v) is 2.49. The van der Waals surface area contributed by atoms with Crippen molar-refractivity contribution in [3.05, 3.63) is 35.9 Å². The highest BCUT2D eigenvalue weighted by molar-refractivity contribution is 14.2. The summed E-state index contributed by atoms with van der Waals surface area (Å²) < 4.78 is 10.4. The molecule has 13 heavy (non-hydrogen) atoms. The van der Waals surface area contributed by atoms with Crippen molar-refractivity contribution < 1.29 is 8.92 Å². The van der Waals surface area contributed by atoms with Gasteiger partial charge in [-0.05, 0) is 5.56 Å². The SMILES string of the molecule is ISOCCOCc1ccccc1. The van der Waals surface area contributed by atoms with E-state index in [9.17, 15) is 0 Å². The third kappa shape index (κ3) is 5.51. The number of halogens is 1. The average molecular weight is 310 g/mol. The average Bonchev–Trinajstić information content (AvgIpc) is 2.19. The van der Waals surface area contributed by atoms with E-state index in [1.807, 2.05) is 30.3 Å². The molecule has 0 saturated carbocycles. The molecule has 72 valence electrons. The molecule has 0 atom stereocenters. The summed E-state index contributed by atoms with van der Waals surface area (Å²) in [7, 11) is 1.34. The Labute approximate surface area is 94.8 Å². The van der Waals surface area contributed by atoms with Crippen molar-refractivity contribution >= 4 is 30.4 Å². The van der Waals surface area contributed by atoms with Crippen molar-refractivity contribution in [2.45, 2.75) is 6.61 Å². The van der Waals surface area contributed by atoms with Gasteiger partial charge in [0, 0.05) is 21.2 Å². The van der Waals surface area contributed by atoms with Crippen molar-refractivity contribution in [3.8, 4) is 0 Å². The number of hydrogen-bond donors (Lipinski definition) is 0. The van der Waals surface area contributed by atoms with Crippen LogP contribution in [0.3, 0.4) is 0 Å². The highest BCUT2D eigenvalue weighted by Crippen LogP contribution is 2.11. The summed E-state index contributed by atoms with van der Waals surface area (Å²) in [4.78, 5) is 0. The maximum atomic E-state index is 5.38. The van der Waals surface area contributed by atoms with Gasteiger partial charge < -0.3 is 8.92 Å². The lowest BCUT2D eigenvalue weighted by Gasteiger charge is -2.02. The predicted molar refractivity (Wildman–Crippen MR) is 63.7 cm³/mol. The Kier molecular flexibility index (Phi) is 6.61. The third-order valence-electron chi connectivity index (χ3n) is 1.47. The molecule has 0 fully saturated rings. The van der Waals surface area contributed by atoms with Crippen LogP contribution in [-0.2, 0) is 15.5 Å². The molecule has 0 unspecified atom stereocenters. The molecule has 1 aromatic rings. The van der Waals surface area contributed by atoms with Gasteiger partial charge in [-0.15, -0.1) is 0 Å². The van der Waals surface area contributed by atoms with Gasteiger partial charge in [0.25, 0.3) is 0 Å². The van der Waals surface area contributed by atoms with Crippen LogP contribution < -0.4 is 0 Å². The van der Waals surface area contributed by atoms with E-state index in [0.717, 1.165) is 0 Å². The zero-order valence-electron chi connectivity index (χ0n) is 7.11. The molecule has 2 nitrogen and oxygen atoms in total. The highest BCUT2D eigenvalue weighted by atomic mass is 127. The first-order valence-corrected chi connectivity index (χ1v) is 7.24. The van der Waals surface area contributed by atoms with E-state index in [1.54, 1.807) is 0 Å². The predicted octanol–water partition coefficient (Wildman–Crippen LogP) is 3.22. The number of ether oxygens (including phenoxy) is 1. The van der Waals surface area contributed by atoms with Crippen LogP contribution in [0.4, 0.5) is 0 Å². The Morgan fingerprint density at radius 1 is 1.15 bits per heavy atom. The summed E-state index contributed by atoms with van der Waals surface area (Å²) in [5.41, 5.74) is 1.20. The fourth-order valence-corrected chi connectivity index (χ4v) is 1.56. The Hall–Kier alpha value is 0.220. The molecule has 0 bridgehead atoms. The van der Waals surface area contributed by atoms with Crippen LogP contribution in [0, 0.1) is 0 Å². The summed E-state index contributed by atoms with van der Waals surface area (Å²) in [5.74, 6) is 0. The molecule has 0 amide bonds. The fourth-order valence-electron chi connectivity index (χ4n) is 0.889. The van der Waals surface area contributed by atoms with Gasteiger partial charge in [0.15, 0.2) is 0 Å². The standard InChI is InChI=1S/C9H11IO2S/c10-13-12-7-6-11-8-9-4-2-1-3-5-9/h1-5H,6-8H2. The van der Waals surface area contributed by atoms with Crippen molar-refractivity contribution in [1.82, 2.24) is 0 Å². The second-order valence-electron chi connectivity index (χ2n) is 2.42. The van der Waals surface area contributed by atoms with Gasteiger partial charge in [-0.3, -0.25) is 0 Å². The minimum Gasteiger partial charge on any atom is -0.374 e. The number of benzene rings is 1. The van der Waals surface area contributed by atoms with E-state index in [2.05, 4.69) is 21.2 Å². The van der Waals surface area contributed by atoms with Crippen molar-refractivity contribution in [3.63, 3.8) is 0 Å². The molecule has 0 N–H and O–H groups in total. The van der Waals surface area contributed by atoms with E-state index in [-0.39, 0.29) is 0 Å². The molecular formula is C9H11IO2S. The van der Waals surface area contributed by atoms with Crippen LogP contribution in [0.2, 0.25) is 0 Å². The molecular weight excluding hydrogens is 299 g/mol. The lowest BCUT2D eigenvalue weighted by atomic mass is 10.2. The largest absolute Gasteiger partial charge is 0.374 e. The first-order chi connectivity index (χ1) is 6.43. The second kappa shape index (κ2) is 7.61. The molecule has 0 saturated heterocycles. The summed E-state index contributed by atoms with van der Waals surface area (Å²) >= 11 is 2.09. The highest BCUT2D eigenvalue weighted by Gasteiger charge is 1.91. The van der Waals surface area contributed by atoms with Gasteiger partial charge in [-0.25, -0.2) is 0 Å². The van der Waals surface area contributed by atoms with Gasteiger partial charge in [0.05, 0.1) is 29.0 Å². The summed E-state index contributed by atoms with van der Waals surface area (Å²) in [6.07, 6.45) is 0. The molecule has 0 aliphatic rings. The van der Waals surface area contributed by atoms with Crippen LogP contribution in [0.5, 0.6) is 0 Å². The molecule has 0 aliphatic heterocycles. The first-order valence-electron chi connectivity index (χ1n) is 3.95. The fraction of sp³-hybridized carbons (Fsp3) is 0.333. The van der Waals surface area contributed by atoms with Crippen LogP contribution >= 0.6 is 30.4 Å². The van der Waals surface area contributed by atoms with Crippen LogP contribution in [0.15, 0.2) is 30.3 Å². The maximum Gasteiger partial charge on any atom is 0.0857 e. The molecule has 0 spiro atoms. The smallest absolute Gasteiger partial charge is 0.0857 e. The van der Waals surface area contributed by atoms with Crippen molar-refractivity contribution in [2.24, 2.45) is 0 Å². The summed E-state index contributed by atoms with van der Waals surface area (Å²) in [6, 6.07) is 10.1. The minimum absolute atomic E-state index is 0.639. The first kappa shape index (κ1) is 11.3. The van der Waals surface area contributed by atoms with Gasteiger partial charge in [0.2, 0.25) is 0 Å². The monoisotopic (exact) mass is 310 g/mol.